The molecule has 0 bridgehead atoms. The van der Waals surface area contributed by atoms with Crippen LogP contribution in [-0.2, 0) is 0 Å². The fourth-order valence-corrected chi connectivity index (χ4v) is 3.17. The Morgan fingerprint density at radius 3 is 2.45 bits per heavy atom. The number of nitrogens with two attached hydrogens (primary N) is 1. The van der Waals surface area contributed by atoms with E-state index in [1.54, 1.807) is 11.8 Å². The molecule has 0 aliphatic rings. The quantitative estimate of drug-likeness (QED) is 0.860. The molecule has 106 valence electrons. The topological polar surface area (TPSA) is 38.9 Å². The van der Waals surface area contributed by atoms with Gasteiger partial charge in [0, 0.05) is 17.5 Å². The Bertz CT molecular complexity index is 588. The summed E-state index contributed by atoms with van der Waals surface area (Å²) in [6.45, 7) is 8.38. The number of aromatic nitrogens is 1. The van der Waals surface area contributed by atoms with Gasteiger partial charge in [0.15, 0.2) is 0 Å². The molecular formula is C17H22N2S. The van der Waals surface area contributed by atoms with Crippen LogP contribution in [0.5, 0.6) is 0 Å². The van der Waals surface area contributed by atoms with E-state index in [2.05, 4.69) is 56.1 Å². The first kappa shape index (κ1) is 15.1. The standard InChI is InChI=1S/C17H22N2S/c1-11-7-14(4)19-17(8-11)20-10-16(18)15-6-5-12(2)13(3)9-15/h5-9,16H,10,18H2,1-4H3. The summed E-state index contributed by atoms with van der Waals surface area (Å²) < 4.78 is 0. The van der Waals surface area contributed by atoms with Crippen LogP contribution in [0.15, 0.2) is 35.4 Å². The van der Waals surface area contributed by atoms with Crippen LogP contribution in [0.3, 0.4) is 0 Å². The minimum Gasteiger partial charge on any atom is -0.323 e. The fraction of sp³-hybridized carbons (Fsp3) is 0.353. The van der Waals surface area contributed by atoms with Gasteiger partial charge in [-0.2, -0.15) is 0 Å². The Balaban J connectivity index is 2.04. The average Bonchev–Trinajstić information content (AvgIpc) is 2.38. The second kappa shape index (κ2) is 6.42. The van der Waals surface area contributed by atoms with Crippen LogP contribution in [0.2, 0.25) is 0 Å². The molecule has 0 amide bonds. The number of nitrogens with zero attached hydrogens (tertiary/aromatic N) is 1. The van der Waals surface area contributed by atoms with E-state index >= 15 is 0 Å². The highest BCUT2D eigenvalue weighted by molar-refractivity contribution is 7.99. The maximum atomic E-state index is 6.29. The SMILES string of the molecule is Cc1cc(C)nc(SCC(N)c2ccc(C)c(C)c2)c1. The van der Waals surface area contributed by atoms with Crippen molar-refractivity contribution in [1.82, 2.24) is 4.98 Å². The number of benzene rings is 1. The van der Waals surface area contributed by atoms with Crippen LogP contribution in [0.4, 0.5) is 0 Å². The van der Waals surface area contributed by atoms with E-state index in [4.69, 9.17) is 5.73 Å². The molecule has 1 aromatic carbocycles. The minimum absolute atomic E-state index is 0.0434. The highest BCUT2D eigenvalue weighted by Crippen LogP contribution is 2.24. The lowest BCUT2D eigenvalue weighted by Crippen LogP contribution is -2.13. The molecule has 3 heteroatoms. The second-order valence-corrected chi connectivity index (χ2v) is 6.43. The predicted molar refractivity (Wildman–Crippen MR) is 87.3 cm³/mol. The number of hydrogen-bond acceptors (Lipinski definition) is 3. The molecule has 1 atom stereocenters. The Labute approximate surface area is 125 Å². The lowest BCUT2D eigenvalue weighted by atomic mass is 10.0. The molecule has 2 rings (SSSR count). The largest absolute Gasteiger partial charge is 0.323 e. The summed E-state index contributed by atoms with van der Waals surface area (Å²) in [5.74, 6) is 0.846. The van der Waals surface area contributed by atoms with Crippen molar-refractivity contribution in [3.05, 3.63) is 58.3 Å². The number of pyridine rings is 1. The molecule has 2 N–H and O–H groups in total. The minimum atomic E-state index is 0.0434. The van der Waals surface area contributed by atoms with Gasteiger partial charge < -0.3 is 5.73 Å². The summed E-state index contributed by atoms with van der Waals surface area (Å²) in [4.78, 5) is 4.54. The van der Waals surface area contributed by atoms with E-state index in [1.165, 1.54) is 22.3 Å². The van der Waals surface area contributed by atoms with Crippen LogP contribution >= 0.6 is 11.8 Å². The highest BCUT2D eigenvalue weighted by Gasteiger charge is 2.09. The van der Waals surface area contributed by atoms with Crippen molar-refractivity contribution in [1.29, 1.82) is 0 Å². The normalized spacial score (nSPS) is 12.4. The van der Waals surface area contributed by atoms with Crippen molar-refractivity contribution in [3.8, 4) is 0 Å². The molecule has 0 fully saturated rings. The third-order valence-electron chi connectivity index (χ3n) is 3.44. The molecule has 0 aliphatic carbocycles. The van der Waals surface area contributed by atoms with E-state index in [0.717, 1.165) is 16.5 Å². The maximum absolute atomic E-state index is 6.29. The molecule has 1 heterocycles. The Hall–Kier alpha value is -1.32. The summed E-state index contributed by atoms with van der Waals surface area (Å²) in [6.07, 6.45) is 0. The first-order valence-corrected chi connectivity index (χ1v) is 7.85. The third-order valence-corrected chi connectivity index (χ3v) is 4.47. The average molecular weight is 286 g/mol. The van der Waals surface area contributed by atoms with Gasteiger partial charge in [0.25, 0.3) is 0 Å². The Kier molecular flexibility index (Phi) is 4.84. The zero-order valence-corrected chi connectivity index (χ0v) is 13.4. The number of aryl methyl sites for hydroxylation is 4. The second-order valence-electron chi connectivity index (χ2n) is 5.39. The van der Waals surface area contributed by atoms with Crippen molar-refractivity contribution >= 4 is 11.8 Å². The van der Waals surface area contributed by atoms with E-state index < -0.39 is 0 Å². The van der Waals surface area contributed by atoms with Crippen molar-refractivity contribution in [2.24, 2.45) is 5.73 Å². The van der Waals surface area contributed by atoms with E-state index in [-0.39, 0.29) is 6.04 Å². The van der Waals surface area contributed by atoms with Gasteiger partial charge in [-0.05, 0) is 62.1 Å². The van der Waals surface area contributed by atoms with Gasteiger partial charge in [-0.25, -0.2) is 4.98 Å². The first-order chi connectivity index (χ1) is 9.45. The van der Waals surface area contributed by atoms with Crippen LogP contribution in [0, 0.1) is 27.7 Å². The molecule has 0 saturated heterocycles. The molecule has 0 spiro atoms. The van der Waals surface area contributed by atoms with Crippen molar-refractivity contribution in [2.45, 2.75) is 38.8 Å². The molecule has 0 aliphatic heterocycles. The smallest absolute Gasteiger partial charge is 0.0966 e. The summed E-state index contributed by atoms with van der Waals surface area (Å²) >= 11 is 1.73. The number of thioether (sulfide) groups is 1. The molecule has 2 aromatic rings. The van der Waals surface area contributed by atoms with Crippen LogP contribution < -0.4 is 5.73 Å². The van der Waals surface area contributed by atoms with Crippen LogP contribution in [-0.4, -0.2) is 10.7 Å². The predicted octanol–water partition coefficient (Wildman–Crippen LogP) is 4.11. The van der Waals surface area contributed by atoms with Gasteiger partial charge in [0.05, 0.1) is 5.03 Å². The van der Waals surface area contributed by atoms with Gasteiger partial charge in [-0.3, -0.25) is 0 Å². The first-order valence-electron chi connectivity index (χ1n) is 6.86. The molecule has 2 nitrogen and oxygen atoms in total. The Morgan fingerprint density at radius 2 is 1.80 bits per heavy atom. The molecular weight excluding hydrogens is 264 g/mol. The summed E-state index contributed by atoms with van der Waals surface area (Å²) in [6, 6.07) is 10.7. The van der Waals surface area contributed by atoms with E-state index in [1.807, 2.05) is 6.92 Å². The van der Waals surface area contributed by atoms with Crippen LogP contribution in [0.25, 0.3) is 0 Å². The summed E-state index contributed by atoms with van der Waals surface area (Å²) in [5, 5.41) is 1.06. The molecule has 1 aromatic heterocycles. The van der Waals surface area contributed by atoms with Crippen LogP contribution in [0.1, 0.15) is 34.0 Å². The number of hydrogen-bond donors (Lipinski definition) is 1. The Morgan fingerprint density at radius 1 is 1.05 bits per heavy atom. The van der Waals surface area contributed by atoms with Gasteiger partial charge in [-0.15, -0.1) is 11.8 Å². The van der Waals surface area contributed by atoms with E-state index in [0.29, 0.717) is 0 Å². The van der Waals surface area contributed by atoms with Crippen molar-refractivity contribution < 1.29 is 0 Å². The van der Waals surface area contributed by atoms with E-state index in [9.17, 15) is 0 Å². The van der Waals surface area contributed by atoms with Gasteiger partial charge in [0.2, 0.25) is 0 Å². The van der Waals surface area contributed by atoms with Crippen molar-refractivity contribution in [2.75, 3.05) is 5.75 Å². The molecule has 0 radical (unpaired) electrons. The lowest BCUT2D eigenvalue weighted by molar-refractivity contribution is 0.827. The lowest BCUT2D eigenvalue weighted by Gasteiger charge is -2.13. The van der Waals surface area contributed by atoms with Gasteiger partial charge in [-0.1, -0.05) is 18.2 Å². The molecule has 1 unspecified atom stereocenters. The third kappa shape index (κ3) is 3.84. The van der Waals surface area contributed by atoms with Gasteiger partial charge in [0.1, 0.15) is 0 Å². The van der Waals surface area contributed by atoms with Crippen molar-refractivity contribution in [3.63, 3.8) is 0 Å². The zero-order valence-electron chi connectivity index (χ0n) is 12.6. The van der Waals surface area contributed by atoms with Gasteiger partial charge >= 0.3 is 0 Å². The molecule has 20 heavy (non-hydrogen) atoms. The fourth-order valence-electron chi connectivity index (χ4n) is 2.14. The summed E-state index contributed by atoms with van der Waals surface area (Å²) in [5.41, 5.74) is 12.4. The highest BCUT2D eigenvalue weighted by atomic mass is 32.2. The molecule has 0 saturated carbocycles. The number of rotatable bonds is 4. The maximum Gasteiger partial charge on any atom is 0.0966 e. The monoisotopic (exact) mass is 286 g/mol. The zero-order chi connectivity index (χ0) is 14.7. The summed E-state index contributed by atoms with van der Waals surface area (Å²) in [7, 11) is 0.